The van der Waals surface area contributed by atoms with E-state index in [0.29, 0.717) is 0 Å². The van der Waals surface area contributed by atoms with Crippen LogP contribution >= 0.6 is 0 Å². The fourth-order valence-electron chi connectivity index (χ4n) is 1.35. The summed E-state index contributed by atoms with van der Waals surface area (Å²) in [4.78, 5) is 0. The van der Waals surface area contributed by atoms with Crippen molar-refractivity contribution in [2.45, 2.75) is 19.2 Å². The summed E-state index contributed by atoms with van der Waals surface area (Å²) in [5.41, 5.74) is 0. The molecule has 0 saturated carbocycles. The van der Waals surface area contributed by atoms with Gasteiger partial charge in [0.15, 0.2) is 0 Å². The summed E-state index contributed by atoms with van der Waals surface area (Å²) in [5.74, 6) is 3.20. The zero-order valence-electron chi connectivity index (χ0n) is 6.06. The molecule has 0 N–H and O–H groups in total. The monoisotopic (exact) mass is 146 g/mol. The van der Waals surface area contributed by atoms with Gasteiger partial charge >= 0.3 is 0 Å². The zero-order valence-corrected chi connectivity index (χ0v) is 6.06. The van der Waals surface area contributed by atoms with Crippen molar-refractivity contribution >= 4 is 6.71 Å². The quantitative estimate of drug-likeness (QED) is 0.481. The number of nitriles is 1. The highest BCUT2D eigenvalue weighted by Crippen LogP contribution is 2.10. The van der Waals surface area contributed by atoms with Gasteiger partial charge in [0.05, 0.1) is 0 Å². The summed E-state index contributed by atoms with van der Waals surface area (Å²) < 4.78 is 2.01. The minimum atomic E-state index is 0.145. The van der Waals surface area contributed by atoms with Crippen molar-refractivity contribution in [3.8, 4) is 5.97 Å². The van der Waals surface area contributed by atoms with Crippen LogP contribution in [-0.4, -0.2) is 21.5 Å². The molecule has 11 heavy (non-hydrogen) atoms. The van der Waals surface area contributed by atoms with Crippen LogP contribution in [0, 0.1) is 11.2 Å². The number of nitrogens with zero attached hydrogens (tertiary/aromatic N) is 4. The Morgan fingerprint density at radius 3 is 3.45 bits per heavy atom. The van der Waals surface area contributed by atoms with Crippen molar-refractivity contribution in [3.05, 3.63) is 12.2 Å². The molecule has 0 aliphatic carbocycles. The Morgan fingerprint density at radius 1 is 1.73 bits per heavy atom. The molecule has 1 aliphatic rings. The lowest BCUT2D eigenvalue weighted by molar-refractivity contribution is 0.692. The van der Waals surface area contributed by atoms with E-state index >= 15 is 0 Å². The van der Waals surface area contributed by atoms with Gasteiger partial charge in [0.1, 0.15) is 12.2 Å². The molecule has 1 aromatic rings. The van der Waals surface area contributed by atoms with Gasteiger partial charge in [-0.05, 0) is 6.32 Å². The Bertz CT molecular complexity index is 300. The molecule has 0 unspecified atom stereocenters. The number of fused-ring (bicyclic) bond motifs is 1. The number of aromatic nitrogens is 3. The van der Waals surface area contributed by atoms with E-state index in [4.69, 9.17) is 5.26 Å². The van der Waals surface area contributed by atoms with Crippen LogP contribution in [0.5, 0.6) is 0 Å². The Morgan fingerprint density at radius 2 is 2.64 bits per heavy atom. The second-order valence-corrected chi connectivity index (χ2v) is 2.76. The molecule has 0 spiro atoms. The highest BCUT2D eigenvalue weighted by Gasteiger charge is 2.22. The zero-order chi connectivity index (χ0) is 7.68. The molecular formula is C6H7BN4. The van der Waals surface area contributed by atoms with Crippen LogP contribution in [0.25, 0.3) is 0 Å². The van der Waals surface area contributed by atoms with Gasteiger partial charge in [-0.2, -0.15) is 0 Å². The number of aryl methyl sites for hydroxylation is 1. The molecule has 0 fully saturated rings. The maximum Gasteiger partial charge on any atom is 0.277 e. The van der Waals surface area contributed by atoms with Crippen molar-refractivity contribution in [2.24, 2.45) is 0 Å². The third-order valence-corrected chi connectivity index (χ3v) is 2.03. The summed E-state index contributed by atoms with van der Waals surface area (Å²) in [6, 6.07) is 0. The van der Waals surface area contributed by atoms with E-state index in [1.807, 2.05) is 4.57 Å². The maximum atomic E-state index is 8.65. The molecule has 1 aliphatic heterocycles. The van der Waals surface area contributed by atoms with Crippen molar-refractivity contribution in [1.82, 2.24) is 14.8 Å². The molecule has 2 rings (SSSR count). The Kier molecular flexibility index (Phi) is 1.39. The van der Waals surface area contributed by atoms with Crippen LogP contribution in [0.15, 0.2) is 6.33 Å². The van der Waals surface area contributed by atoms with E-state index in [9.17, 15) is 0 Å². The first-order valence-corrected chi connectivity index (χ1v) is 3.66. The SMILES string of the molecule is N#CB1CCn2cnnc2C1. The molecule has 0 saturated heterocycles. The van der Waals surface area contributed by atoms with Gasteiger partial charge in [0.2, 0.25) is 0 Å². The molecule has 0 radical (unpaired) electrons. The van der Waals surface area contributed by atoms with Crippen LogP contribution in [0.3, 0.4) is 0 Å². The molecule has 0 aromatic carbocycles. The van der Waals surface area contributed by atoms with Gasteiger partial charge in [-0.1, -0.05) is 0 Å². The lowest BCUT2D eigenvalue weighted by Gasteiger charge is -2.13. The summed E-state index contributed by atoms with van der Waals surface area (Å²) in [7, 11) is 0. The van der Waals surface area contributed by atoms with Gasteiger partial charge in [-0.3, -0.25) is 0 Å². The summed E-state index contributed by atoms with van der Waals surface area (Å²) in [6.07, 6.45) is 3.42. The molecule has 2 heterocycles. The van der Waals surface area contributed by atoms with E-state index in [1.54, 1.807) is 6.33 Å². The van der Waals surface area contributed by atoms with Gasteiger partial charge < -0.3 is 4.57 Å². The molecule has 0 atom stereocenters. The highest BCUT2D eigenvalue weighted by molar-refractivity contribution is 6.66. The largest absolute Gasteiger partial charge is 0.319 e. The maximum absolute atomic E-state index is 8.65. The van der Waals surface area contributed by atoms with Crippen LogP contribution in [0.2, 0.25) is 6.32 Å². The van der Waals surface area contributed by atoms with Crippen molar-refractivity contribution in [2.75, 3.05) is 0 Å². The van der Waals surface area contributed by atoms with E-state index in [-0.39, 0.29) is 6.71 Å². The predicted octanol–water partition coefficient (Wildman–Crippen LogP) is -0.0690. The lowest BCUT2D eigenvalue weighted by Crippen LogP contribution is -2.25. The minimum absolute atomic E-state index is 0.145. The second-order valence-electron chi connectivity index (χ2n) is 2.76. The van der Waals surface area contributed by atoms with Crippen LogP contribution in [0.1, 0.15) is 5.82 Å². The first kappa shape index (κ1) is 6.41. The average Bonchev–Trinajstić information content (AvgIpc) is 2.50. The van der Waals surface area contributed by atoms with E-state index in [0.717, 1.165) is 25.0 Å². The minimum Gasteiger partial charge on any atom is -0.319 e. The summed E-state index contributed by atoms with van der Waals surface area (Å²) in [5, 5.41) is 16.3. The van der Waals surface area contributed by atoms with Gasteiger partial charge in [0, 0.05) is 18.8 Å². The summed E-state index contributed by atoms with van der Waals surface area (Å²) >= 11 is 0. The number of hydrogen-bond acceptors (Lipinski definition) is 3. The molecule has 5 heteroatoms. The molecule has 4 nitrogen and oxygen atoms in total. The Hall–Kier alpha value is -1.31. The second kappa shape index (κ2) is 2.38. The van der Waals surface area contributed by atoms with Gasteiger partial charge in [0.25, 0.3) is 6.71 Å². The first-order valence-electron chi connectivity index (χ1n) is 3.66. The fraction of sp³-hybridized carbons (Fsp3) is 0.500. The van der Waals surface area contributed by atoms with Crippen molar-refractivity contribution < 1.29 is 0 Å². The lowest BCUT2D eigenvalue weighted by atomic mass is 9.45. The van der Waals surface area contributed by atoms with Crippen LogP contribution in [-0.2, 0) is 12.9 Å². The van der Waals surface area contributed by atoms with E-state index < -0.39 is 0 Å². The van der Waals surface area contributed by atoms with Gasteiger partial charge in [-0.25, -0.2) is 5.26 Å². The molecule has 54 valence electrons. The van der Waals surface area contributed by atoms with Crippen molar-refractivity contribution in [3.63, 3.8) is 0 Å². The van der Waals surface area contributed by atoms with E-state index in [1.165, 1.54) is 0 Å². The highest BCUT2D eigenvalue weighted by atomic mass is 15.3. The fourth-order valence-corrected chi connectivity index (χ4v) is 1.35. The molecule has 1 aromatic heterocycles. The van der Waals surface area contributed by atoms with Crippen LogP contribution in [0.4, 0.5) is 0 Å². The molecule has 0 bridgehead atoms. The third kappa shape index (κ3) is 1.00. The van der Waals surface area contributed by atoms with Crippen LogP contribution < -0.4 is 0 Å². The Labute approximate surface area is 64.9 Å². The first-order chi connectivity index (χ1) is 5.40. The standard InChI is InChI=1S/C6H7BN4/c8-4-7-1-2-11-5-9-10-6(11)3-7/h5H,1-3H2. The van der Waals surface area contributed by atoms with E-state index in [2.05, 4.69) is 16.2 Å². The number of hydrogen-bond donors (Lipinski definition) is 0. The average molecular weight is 146 g/mol. The van der Waals surface area contributed by atoms with Gasteiger partial charge in [-0.15, -0.1) is 10.2 Å². The Balaban J connectivity index is 2.26. The molecular weight excluding hydrogens is 139 g/mol. The van der Waals surface area contributed by atoms with Crippen molar-refractivity contribution in [1.29, 1.82) is 5.26 Å². The third-order valence-electron chi connectivity index (χ3n) is 2.03. The topological polar surface area (TPSA) is 54.5 Å². The number of rotatable bonds is 0. The normalized spacial score (nSPS) is 15.7. The predicted molar refractivity (Wildman–Crippen MR) is 39.9 cm³/mol. The molecule has 0 amide bonds. The smallest absolute Gasteiger partial charge is 0.277 e. The summed E-state index contributed by atoms with van der Waals surface area (Å²) in [6.45, 7) is 1.03.